The van der Waals surface area contributed by atoms with Crippen molar-refractivity contribution in [3.8, 4) is 0 Å². The number of hydrogen-bond donors (Lipinski definition) is 1. The highest BCUT2D eigenvalue weighted by Crippen LogP contribution is 2.39. The monoisotopic (exact) mass is 257 g/mol. The summed E-state index contributed by atoms with van der Waals surface area (Å²) in [6, 6.07) is 0.428. The molecule has 0 radical (unpaired) electrons. The molecule has 0 bridgehead atoms. The van der Waals surface area contributed by atoms with Gasteiger partial charge in [0.1, 0.15) is 0 Å². The highest BCUT2D eigenvalue weighted by molar-refractivity contribution is 4.89. The number of likely N-dealkylation sites (N-methyl/N-ethyl adjacent to an activating group) is 1. The molecule has 1 aliphatic carbocycles. The van der Waals surface area contributed by atoms with Crippen LogP contribution in [0.4, 0.5) is 0 Å². The van der Waals surface area contributed by atoms with E-state index < -0.39 is 0 Å². The number of aliphatic hydroxyl groups is 1. The van der Waals surface area contributed by atoms with Crippen molar-refractivity contribution in [2.24, 2.45) is 11.3 Å². The van der Waals surface area contributed by atoms with Crippen LogP contribution in [0.5, 0.6) is 0 Å². The predicted octanol–water partition coefficient (Wildman–Crippen LogP) is 2.53. The van der Waals surface area contributed by atoms with E-state index in [0.717, 1.165) is 32.5 Å². The molecule has 0 amide bonds. The summed E-state index contributed by atoms with van der Waals surface area (Å²) in [5.41, 5.74) is 0.0762. The molecule has 0 heterocycles. The third kappa shape index (κ3) is 3.94. The Kier molecular flexibility index (Phi) is 6.09. The van der Waals surface area contributed by atoms with Crippen LogP contribution in [0, 0.1) is 11.3 Å². The lowest BCUT2D eigenvalue weighted by Gasteiger charge is -2.43. The largest absolute Gasteiger partial charge is 0.392 e. The highest BCUT2D eigenvalue weighted by atomic mass is 16.5. The van der Waals surface area contributed by atoms with Crippen molar-refractivity contribution in [1.82, 2.24) is 4.90 Å². The molecule has 1 fully saturated rings. The van der Waals surface area contributed by atoms with E-state index >= 15 is 0 Å². The van der Waals surface area contributed by atoms with Crippen LogP contribution in [0.3, 0.4) is 0 Å². The van der Waals surface area contributed by atoms with Gasteiger partial charge in [0.25, 0.3) is 0 Å². The molecule has 0 aromatic heterocycles. The molecule has 3 unspecified atom stereocenters. The molecule has 3 heteroatoms. The van der Waals surface area contributed by atoms with E-state index in [1.165, 1.54) is 6.42 Å². The van der Waals surface area contributed by atoms with Crippen molar-refractivity contribution < 1.29 is 9.84 Å². The van der Waals surface area contributed by atoms with Gasteiger partial charge in [-0.3, -0.25) is 4.90 Å². The summed E-state index contributed by atoms with van der Waals surface area (Å²) >= 11 is 0. The van der Waals surface area contributed by atoms with Crippen molar-refractivity contribution in [3.63, 3.8) is 0 Å². The van der Waals surface area contributed by atoms with Gasteiger partial charge in [0.05, 0.1) is 12.7 Å². The van der Waals surface area contributed by atoms with E-state index in [0.29, 0.717) is 12.0 Å². The molecule has 1 N–H and O–H groups in total. The molecule has 1 aliphatic rings. The van der Waals surface area contributed by atoms with Gasteiger partial charge in [-0.05, 0) is 37.6 Å². The van der Waals surface area contributed by atoms with E-state index in [9.17, 15) is 5.11 Å². The maximum absolute atomic E-state index is 10.5. The summed E-state index contributed by atoms with van der Waals surface area (Å²) in [5.74, 6) is 0.410. The Morgan fingerprint density at radius 3 is 2.67 bits per heavy atom. The summed E-state index contributed by atoms with van der Waals surface area (Å²) in [6.07, 6.45) is 3.37. The number of ether oxygens (including phenoxy) is 1. The molecular formula is C15H31NO2. The second-order valence-corrected chi connectivity index (χ2v) is 6.48. The fourth-order valence-corrected chi connectivity index (χ4v) is 3.22. The second-order valence-electron chi connectivity index (χ2n) is 6.48. The van der Waals surface area contributed by atoms with Gasteiger partial charge in [-0.2, -0.15) is 0 Å². The standard InChI is InChI=1S/C15H31NO2/c1-6-16(12(2)11-18-5)10-13-8-7-9-15(3,4)14(13)17/h12-14,17H,6-11H2,1-5H3. The van der Waals surface area contributed by atoms with Crippen molar-refractivity contribution >= 4 is 0 Å². The molecule has 0 aromatic rings. The van der Waals surface area contributed by atoms with Gasteiger partial charge in [0.15, 0.2) is 0 Å². The normalized spacial score (nSPS) is 29.5. The number of hydrogen-bond acceptors (Lipinski definition) is 3. The highest BCUT2D eigenvalue weighted by Gasteiger charge is 2.38. The van der Waals surface area contributed by atoms with Gasteiger partial charge in [-0.15, -0.1) is 0 Å². The van der Waals surface area contributed by atoms with Crippen molar-refractivity contribution in [3.05, 3.63) is 0 Å². The van der Waals surface area contributed by atoms with Gasteiger partial charge in [-0.1, -0.05) is 27.2 Å². The minimum atomic E-state index is -0.171. The maximum Gasteiger partial charge on any atom is 0.0631 e. The van der Waals surface area contributed by atoms with Gasteiger partial charge in [0, 0.05) is 19.7 Å². The first-order valence-electron chi connectivity index (χ1n) is 7.33. The van der Waals surface area contributed by atoms with Crippen LogP contribution < -0.4 is 0 Å². The van der Waals surface area contributed by atoms with Crippen LogP contribution in [0.2, 0.25) is 0 Å². The molecule has 1 rings (SSSR count). The minimum Gasteiger partial charge on any atom is -0.392 e. The third-order valence-electron chi connectivity index (χ3n) is 4.55. The first-order chi connectivity index (χ1) is 8.42. The summed E-state index contributed by atoms with van der Waals surface area (Å²) < 4.78 is 5.24. The summed E-state index contributed by atoms with van der Waals surface area (Å²) in [4.78, 5) is 2.43. The average Bonchev–Trinajstić information content (AvgIpc) is 2.31. The van der Waals surface area contributed by atoms with E-state index in [2.05, 4.69) is 32.6 Å². The zero-order valence-corrected chi connectivity index (χ0v) is 12.8. The topological polar surface area (TPSA) is 32.7 Å². The van der Waals surface area contributed by atoms with Gasteiger partial charge < -0.3 is 9.84 Å². The molecule has 1 saturated carbocycles. The number of nitrogens with zero attached hydrogens (tertiary/aromatic N) is 1. The summed E-state index contributed by atoms with van der Waals surface area (Å²) in [6.45, 7) is 11.6. The molecule has 108 valence electrons. The lowest BCUT2D eigenvalue weighted by atomic mass is 9.69. The lowest BCUT2D eigenvalue weighted by Crippen LogP contribution is -2.47. The Balaban J connectivity index is 2.58. The Labute approximate surface area is 113 Å². The molecule has 0 spiro atoms. The van der Waals surface area contributed by atoms with E-state index in [1.54, 1.807) is 7.11 Å². The molecule has 0 aliphatic heterocycles. The quantitative estimate of drug-likeness (QED) is 0.793. The van der Waals surface area contributed by atoms with Crippen molar-refractivity contribution in [2.75, 3.05) is 26.8 Å². The number of methoxy groups -OCH3 is 1. The minimum absolute atomic E-state index is 0.0762. The van der Waals surface area contributed by atoms with Gasteiger partial charge >= 0.3 is 0 Å². The van der Waals surface area contributed by atoms with Crippen molar-refractivity contribution in [1.29, 1.82) is 0 Å². The van der Waals surface area contributed by atoms with Crippen LogP contribution in [-0.2, 0) is 4.74 Å². The van der Waals surface area contributed by atoms with E-state index in [1.807, 2.05) is 0 Å². The first-order valence-corrected chi connectivity index (χ1v) is 7.33. The molecule has 0 aromatic carbocycles. The molecule has 0 saturated heterocycles. The number of aliphatic hydroxyl groups excluding tert-OH is 1. The van der Waals surface area contributed by atoms with Crippen LogP contribution in [0.15, 0.2) is 0 Å². The smallest absolute Gasteiger partial charge is 0.0631 e. The maximum atomic E-state index is 10.5. The lowest BCUT2D eigenvalue weighted by molar-refractivity contribution is -0.0485. The van der Waals surface area contributed by atoms with E-state index in [4.69, 9.17) is 4.74 Å². The summed E-state index contributed by atoms with van der Waals surface area (Å²) in [5, 5.41) is 10.5. The Morgan fingerprint density at radius 1 is 1.44 bits per heavy atom. The van der Waals surface area contributed by atoms with Crippen LogP contribution in [0.25, 0.3) is 0 Å². The van der Waals surface area contributed by atoms with E-state index in [-0.39, 0.29) is 11.5 Å². The van der Waals surface area contributed by atoms with Crippen LogP contribution >= 0.6 is 0 Å². The molecular weight excluding hydrogens is 226 g/mol. The third-order valence-corrected chi connectivity index (χ3v) is 4.55. The molecule has 3 atom stereocenters. The van der Waals surface area contributed by atoms with Gasteiger partial charge in [0.2, 0.25) is 0 Å². The Hall–Kier alpha value is -0.120. The zero-order chi connectivity index (χ0) is 13.8. The first kappa shape index (κ1) is 15.9. The predicted molar refractivity (Wildman–Crippen MR) is 75.7 cm³/mol. The van der Waals surface area contributed by atoms with Gasteiger partial charge in [-0.25, -0.2) is 0 Å². The second kappa shape index (κ2) is 6.88. The number of rotatable bonds is 6. The Bertz CT molecular complexity index is 243. The Morgan fingerprint density at radius 2 is 2.11 bits per heavy atom. The molecule has 18 heavy (non-hydrogen) atoms. The fourth-order valence-electron chi connectivity index (χ4n) is 3.22. The average molecular weight is 257 g/mol. The fraction of sp³-hybridized carbons (Fsp3) is 1.00. The summed E-state index contributed by atoms with van der Waals surface area (Å²) in [7, 11) is 1.75. The molecule has 3 nitrogen and oxygen atoms in total. The van der Waals surface area contributed by atoms with Crippen molar-refractivity contribution in [2.45, 2.75) is 59.1 Å². The zero-order valence-electron chi connectivity index (χ0n) is 12.8. The van der Waals surface area contributed by atoms with Crippen LogP contribution in [-0.4, -0.2) is 49.0 Å². The van der Waals surface area contributed by atoms with Crippen LogP contribution in [0.1, 0.15) is 47.0 Å². The SMILES string of the molecule is CCN(CC1CCCC(C)(C)C1O)C(C)COC.